The van der Waals surface area contributed by atoms with Crippen LogP contribution in [0.15, 0.2) is 24.3 Å². The molecule has 1 aliphatic heterocycles. The van der Waals surface area contributed by atoms with Gasteiger partial charge in [0.2, 0.25) is 5.91 Å². The first-order valence-corrected chi connectivity index (χ1v) is 5.69. The van der Waals surface area contributed by atoms with Crippen LogP contribution in [0.2, 0.25) is 0 Å². The SMILES string of the molecule is O=C1CCCN(C(=O)Cc2ccc(F)cc2)C1. The molecule has 0 bridgehead atoms. The molecule has 4 heteroatoms. The summed E-state index contributed by atoms with van der Waals surface area (Å²) in [6.45, 7) is 0.867. The summed E-state index contributed by atoms with van der Waals surface area (Å²) >= 11 is 0. The van der Waals surface area contributed by atoms with Gasteiger partial charge in [0.05, 0.1) is 13.0 Å². The van der Waals surface area contributed by atoms with Gasteiger partial charge in [-0.15, -0.1) is 0 Å². The summed E-state index contributed by atoms with van der Waals surface area (Å²) in [6.07, 6.45) is 1.54. The Morgan fingerprint density at radius 2 is 2.00 bits per heavy atom. The highest BCUT2D eigenvalue weighted by Crippen LogP contribution is 2.10. The zero-order valence-corrected chi connectivity index (χ0v) is 9.49. The molecule has 0 unspecified atom stereocenters. The summed E-state index contributed by atoms with van der Waals surface area (Å²) in [5.41, 5.74) is 0.773. The van der Waals surface area contributed by atoms with Gasteiger partial charge in [-0.1, -0.05) is 12.1 Å². The molecule has 0 aliphatic carbocycles. The van der Waals surface area contributed by atoms with Crippen LogP contribution in [0.1, 0.15) is 18.4 Å². The van der Waals surface area contributed by atoms with Crippen molar-refractivity contribution >= 4 is 11.7 Å². The van der Waals surface area contributed by atoms with E-state index in [-0.39, 0.29) is 30.5 Å². The van der Waals surface area contributed by atoms with Crippen LogP contribution in [0, 0.1) is 5.82 Å². The largest absolute Gasteiger partial charge is 0.335 e. The van der Waals surface area contributed by atoms with Crippen LogP contribution >= 0.6 is 0 Å². The first-order chi connectivity index (χ1) is 8.15. The van der Waals surface area contributed by atoms with Crippen LogP contribution in [-0.4, -0.2) is 29.7 Å². The van der Waals surface area contributed by atoms with Crippen LogP contribution < -0.4 is 0 Å². The molecule has 1 aromatic carbocycles. The van der Waals surface area contributed by atoms with Crippen LogP contribution in [0.25, 0.3) is 0 Å². The molecule has 0 atom stereocenters. The number of Topliss-reactive ketones (excluding diaryl/α,β-unsaturated/α-hetero) is 1. The topological polar surface area (TPSA) is 37.4 Å². The van der Waals surface area contributed by atoms with E-state index in [0.717, 1.165) is 12.0 Å². The van der Waals surface area contributed by atoms with E-state index in [1.807, 2.05) is 0 Å². The molecule has 90 valence electrons. The zero-order chi connectivity index (χ0) is 12.3. The molecule has 0 radical (unpaired) electrons. The van der Waals surface area contributed by atoms with Crippen molar-refractivity contribution in [2.24, 2.45) is 0 Å². The molecule has 1 aliphatic rings. The van der Waals surface area contributed by atoms with Gasteiger partial charge < -0.3 is 4.90 Å². The fraction of sp³-hybridized carbons (Fsp3) is 0.385. The predicted octanol–water partition coefficient (Wildman–Crippen LogP) is 1.56. The second kappa shape index (κ2) is 5.08. The number of rotatable bonds is 2. The van der Waals surface area contributed by atoms with Crippen molar-refractivity contribution in [2.45, 2.75) is 19.3 Å². The van der Waals surface area contributed by atoms with Crippen molar-refractivity contribution in [1.29, 1.82) is 0 Å². The number of benzene rings is 1. The first-order valence-electron chi connectivity index (χ1n) is 5.69. The lowest BCUT2D eigenvalue weighted by Gasteiger charge is -2.25. The van der Waals surface area contributed by atoms with E-state index in [9.17, 15) is 14.0 Å². The summed E-state index contributed by atoms with van der Waals surface area (Å²) < 4.78 is 12.7. The van der Waals surface area contributed by atoms with Crippen LogP contribution in [-0.2, 0) is 16.0 Å². The standard InChI is InChI=1S/C13H14FNO2/c14-11-5-3-10(4-6-11)8-13(17)15-7-1-2-12(16)9-15/h3-6H,1-2,7-9H2. The van der Waals surface area contributed by atoms with Gasteiger partial charge in [-0.3, -0.25) is 9.59 Å². The number of piperidine rings is 1. The minimum atomic E-state index is -0.311. The monoisotopic (exact) mass is 235 g/mol. The van der Waals surface area contributed by atoms with Crippen LogP contribution in [0.4, 0.5) is 4.39 Å². The Morgan fingerprint density at radius 1 is 1.29 bits per heavy atom. The summed E-state index contributed by atoms with van der Waals surface area (Å²) in [5.74, 6) is -0.261. The molecule has 1 aromatic rings. The third-order valence-electron chi connectivity index (χ3n) is 2.87. The summed E-state index contributed by atoms with van der Waals surface area (Å²) in [4.78, 5) is 24.7. The quantitative estimate of drug-likeness (QED) is 0.780. The molecule has 1 amide bonds. The molecule has 3 nitrogen and oxygen atoms in total. The molecule has 0 N–H and O–H groups in total. The van der Waals surface area contributed by atoms with Gasteiger partial charge in [0.15, 0.2) is 5.78 Å². The average molecular weight is 235 g/mol. The van der Waals surface area contributed by atoms with Crippen molar-refractivity contribution in [3.63, 3.8) is 0 Å². The highest BCUT2D eigenvalue weighted by atomic mass is 19.1. The van der Waals surface area contributed by atoms with E-state index in [4.69, 9.17) is 0 Å². The number of carbonyl (C=O) groups excluding carboxylic acids is 2. The zero-order valence-electron chi connectivity index (χ0n) is 9.49. The number of likely N-dealkylation sites (tertiary alicyclic amines) is 1. The first kappa shape index (κ1) is 11.8. The van der Waals surface area contributed by atoms with Crippen molar-refractivity contribution in [3.05, 3.63) is 35.6 Å². The maximum Gasteiger partial charge on any atom is 0.227 e. The summed E-state index contributed by atoms with van der Waals surface area (Å²) in [5, 5.41) is 0. The summed E-state index contributed by atoms with van der Waals surface area (Å²) in [7, 11) is 0. The maximum absolute atomic E-state index is 12.7. The lowest BCUT2D eigenvalue weighted by atomic mass is 10.1. The number of carbonyl (C=O) groups is 2. The number of nitrogens with zero attached hydrogens (tertiary/aromatic N) is 1. The molecular weight excluding hydrogens is 221 g/mol. The molecule has 1 fully saturated rings. The number of halogens is 1. The fourth-order valence-electron chi connectivity index (χ4n) is 1.94. The van der Waals surface area contributed by atoms with Crippen LogP contribution in [0.5, 0.6) is 0 Å². The number of hydrogen-bond acceptors (Lipinski definition) is 2. The maximum atomic E-state index is 12.7. The van der Waals surface area contributed by atoms with Gasteiger partial charge in [-0.25, -0.2) is 4.39 Å². The predicted molar refractivity (Wildman–Crippen MR) is 60.9 cm³/mol. The van der Waals surface area contributed by atoms with Crippen LogP contribution in [0.3, 0.4) is 0 Å². The van der Waals surface area contributed by atoms with Crippen molar-refractivity contribution in [3.8, 4) is 0 Å². The number of ketones is 1. The Labute approximate surface area is 99.2 Å². The van der Waals surface area contributed by atoms with Crippen molar-refractivity contribution in [2.75, 3.05) is 13.1 Å². The second-order valence-corrected chi connectivity index (χ2v) is 4.26. The molecule has 0 saturated carbocycles. The normalized spacial score (nSPS) is 16.1. The highest BCUT2D eigenvalue weighted by molar-refractivity contribution is 5.88. The van der Waals surface area contributed by atoms with E-state index in [2.05, 4.69) is 0 Å². The average Bonchev–Trinajstić information content (AvgIpc) is 2.32. The van der Waals surface area contributed by atoms with Gasteiger partial charge in [0.25, 0.3) is 0 Å². The Morgan fingerprint density at radius 3 is 2.65 bits per heavy atom. The van der Waals surface area contributed by atoms with Crippen molar-refractivity contribution in [1.82, 2.24) is 4.90 Å². The van der Waals surface area contributed by atoms with E-state index in [1.54, 1.807) is 17.0 Å². The molecule has 0 aromatic heterocycles. The Kier molecular flexibility index (Phi) is 3.52. The van der Waals surface area contributed by atoms with Crippen molar-refractivity contribution < 1.29 is 14.0 Å². The molecule has 1 saturated heterocycles. The van der Waals surface area contributed by atoms with Gasteiger partial charge in [-0.2, -0.15) is 0 Å². The van der Waals surface area contributed by atoms with Gasteiger partial charge in [-0.05, 0) is 24.1 Å². The molecule has 0 spiro atoms. The number of hydrogen-bond donors (Lipinski definition) is 0. The van der Waals surface area contributed by atoms with E-state index in [1.165, 1.54) is 12.1 Å². The van der Waals surface area contributed by atoms with Gasteiger partial charge in [0.1, 0.15) is 5.82 Å². The summed E-state index contributed by atoms with van der Waals surface area (Å²) in [6, 6.07) is 5.87. The molecular formula is C13H14FNO2. The van der Waals surface area contributed by atoms with E-state index in [0.29, 0.717) is 13.0 Å². The molecule has 2 rings (SSSR count). The third kappa shape index (κ3) is 3.12. The Balaban J connectivity index is 1.96. The van der Waals surface area contributed by atoms with E-state index < -0.39 is 0 Å². The highest BCUT2D eigenvalue weighted by Gasteiger charge is 2.21. The molecule has 1 heterocycles. The van der Waals surface area contributed by atoms with E-state index >= 15 is 0 Å². The Hall–Kier alpha value is -1.71. The lowest BCUT2D eigenvalue weighted by Crippen LogP contribution is -2.40. The minimum Gasteiger partial charge on any atom is -0.335 e. The fourth-order valence-corrected chi connectivity index (χ4v) is 1.94. The van der Waals surface area contributed by atoms with Gasteiger partial charge in [0, 0.05) is 13.0 Å². The third-order valence-corrected chi connectivity index (χ3v) is 2.87. The smallest absolute Gasteiger partial charge is 0.227 e. The minimum absolute atomic E-state index is 0.0651. The molecule has 17 heavy (non-hydrogen) atoms. The lowest BCUT2D eigenvalue weighted by molar-refractivity contribution is -0.137. The number of amides is 1. The Bertz CT molecular complexity index is 428. The second-order valence-electron chi connectivity index (χ2n) is 4.26. The van der Waals surface area contributed by atoms with Gasteiger partial charge >= 0.3 is 0 Å².